The van der Waals surface area contributed by atoms with Gasteiger partial charge in [-0.15, -0.1) is 0 Å². The van der Waals surface area contributed by atoms with Crippen molar-refractivity contribution in [3.8, 4) is 17.5 Å². The summed E-state index contributed by atoms with van der Waals surface area (Å²) in [5.41, 5.74) is 0.982. The summed E-state index contributed by atoms with van der Waals surface area (Å²) in [5, 5.41) is 17.5. The van der Waals surface area contributed by atoms with Gasteiger partial charge in [-0.25, -0.2) is 0 Å². The summed E-state index contributed by atoms with van der Waals surface area (Å²) >= 11 is 5.35. The van der Waals surface area contributed by atoms with Gasteiger partial charge in [0.05, 0.1) is 13.7 Å². The molecule has 11 heteroatoms. The fourth-order valence-corrected chi connectivity index (χ4v) is 3.43. The predicted octanol–water partition coefficient (Wildman–Crippen LogP) is 3.84. The van der Waals surface area contributed by atoms with Crippen molar-refractivity contribution in [1.82, 2.24) is 9.55 Å². The molecule has 1 atom stereocenters. The minimum absolute atomic E-state index is 0.222. The smallest absolute Gasteiger partial charge is 0.415 e. The van der Waals surface area contributed by atoms with Gasteiger partial charge in [0.15, 0.2) is 10.7 Å². The lowest BCUT2D eigenvalue weighted by Crippen LogP contribution is -2.38. The summed E-state index contributed by atoms with van der Waals surface area (Å²) in [6, 6.07) is 15.0. The number of thiocarbonyl (C=S) groups is 1. The Morgan fingerprint density at radius 2 is 1.78 bits per heavy atom. The highest BCUT2D eigenvalue weighted by atomic mass is 32.1. The van der Waals surface area contributed by atoms with E-state index in [0.29, 0.717) is 17.4 Å². The van der Waals surface area contributed by atoms with Crippen LogP contribution in [0.5, 0.6) is 17.5 Å². The number of aromatic nitrogens is 2. The average Bonchev–Trinajstić information content (AvgIpc) is 3.29. The Balaban J connectivity index is 1.27. The Kier molecular flexibility index (Phi) is 5.82. The molecule has 0 fully saturated rings. The van der Waals surface area contributed by atoms with E-state index in [1.54, 1.807) is 11.7 Å². The lowest BCUT2D eigenvalue weighted by atomic mass is 10.1. The van der Waals surface area contributed by atoms with Crippen LogP contribution in [0.2, 0.25) is 0 Å². The number of rotatable bonds is 7. The van der Waals surface area contributed by atoms with Crippen LogP contribution in [0.3, 0.4) is 0 Å². The molecule has 3 aromatic rings. The van der Waals surface area contributed by atoms with Gasteiger partial charge in [0, 0.05) is 16.4 Å². The van der Waals surface area contributed by atoms with Gasteiger partial charge in [0.25, 0.3) is 0 Å². The van der Waals surface area contributed by atoms with Gasteiger partial charge in [-0.2, -0.15) is 0 Å². The molecular formula is C21H21N5O5S. The molecule has 166 valence electrons. The number of nitro groups is 1. The lowest BCUT2D eigenvalue weighted by Gasteiger charge is -2.22. The molecular weight excluding hydrogens is 434 g/mol. The monoisotopic (exact) mass is 455 g/mol. The van der Waals surface area contributed by atoms with Crippen LogP contribution in [-0.4, -0.2) is 38.9 Å². The van der Waals surface area contributed by atoms with Crippen LogP contribution in [0.25, 0.3) is 0 Å². The Labute approximate surface area is 189 Å². The molecule has 10 nitrogen and oxygen atoms in total. The summed E-state index contributed by atoms with van der Waals surface area (Å²) in [5.74, 6) is 1.20. The maximum absolute atomic E-state index is 10.8. The third-order valence-electron chi connectivity index (χ3n) is 4.76. The van der Waals surface area contributed by atoms with Crippen molar-refractivity contribution < 1.29 is 19.1 Å². The molecule has 0 bridgehead atoms. The van der Waals surface area contributed by atoms with Crippen molar-refractivity contribution in [1.29, 1.82) is 0 Å². The molecule has 1 aliphatic heterocycles. The van der Waals surface area contributed by atoms with Gasteiger partial charge >= 0.3 is 11.8 Å². The number of imidazole rings is 1. The third kappa shape index (κ3) is 4.89. The zero-order valence-corrected chi connectivity index (χ0v) is 18.2. The van der Waals surface area contributed by atoms with Crippen molar-refractivity contribution in [2.45, 2.75) is 19.1 Å². The maximum atomic E-state index is 10.8. The number of ether oxygens (including phenoxy) is 3. The van der Waals surface area contributed by atoms with Crippen LogP contribution in [0.1, 0.15) is 6.92 Å². The molecule has 0 aliphatic carbocycles. The number of benzene rings is 2. The number of nitrogens with one attached hydrogen (secondary N) is 2. The number of anilines is 2. The van der Waals surface area contributed by atoms with Gasteiger partial charge in [-0.3, -0.25) is 4.57 Å². The fourth-order valence-electron chi connectivity index (χ4n) is 3.19. The molecule has 4 rings (SSSR count). The van der Waals surface area contributed by atoms with Crippen LogP contribution in [-0.2, 0) is 6.54 Å². The molecule has 1 unspecified atom stereocenters. The molecule has 0 amide bonds. The Morgan fingerprint density at radius 3 is 2.31 bits per heavy atom. The molecule has 0 saturated carbocycles. The molecule has 2 heterocycles. The first-order valence-electron chi connectivity index (χ1n) is 9.69. The van der Waals surface area contributed by atoms with Crippen LogP contribution >= 0.6 is 12.2 Å². The van der Waals surface area contributed by atoms with E-state index in [0.717, 1.165) is 17.1 Å². The highest BCUT2D eigenvalue weighted by Crippen LogP contribution is 2.31. The van der Waals surface area contributed by atoms with Gasteiger partial charge in [-0.1, -0.05) is 0 Å². The largest absolute Gasteiger partial charge is 0.497 e. The van der Waals surface area contributed by atoms with Crippen molar-refractivity contribution in [3.63, 3.8) is 0 Å². The quantitative estimate of drug-likeness (QED) is 0.312. The zero-order valence-electron chi connectivity index (χ0n) is 17.4. The molecule has 1 aromatic heterocycles. The van der Waals surface area contributed by atoms with E-state index < -0.39 is 10.5 Å². The first-order chi connectivity index (χ1) is 15.3. The second-order valence-electron chi connectivity index (χ2n) is 7.44. The van der Waals surface area contributed by atoms with Crippen molar-refractivity contribution >= 4 is 34.5 Å². The highest BCUT2D eigenvalue weighted by molar-refractivity contribution is 7.80. The summed E-state index contributed by atoms with van der Waals surface area (Å²) in [6.07, 6.45) is 1.36. The van der Waals surface area contributed by atoms with Crippen LogP contribution < -0.4 is 24.8 Å². The molecule has 32 heavy (non-hydrogen) atoms. The number of fused-ring (bicyclic) bond motifs is 1. The van der Waals surface area contributed by atoms with Gasteiger partial charge in [0.1, 0.15) is 24.3 Å². The van der Waals surface area contributed by atoms with Gasteiger partial charge in [-0.05, 0) is 72.6 Å². The molecule has 2 aromatic carbocycles. The van der Waals surface area contributed by atoms with E-state index in [-0.39, 0.29) is 18.4 Å². The van der Waals surface area contributed by atoms with Crippen LogP contribution in [0.4, 0.5) is 17.2 Å². The Morgan fingerprint density at radius 1 is 1.19 bits per heavy atom. The maximum Gasteiger partial charge on any atom is 0.415 e. The summed E-state index contributed by atoms with van der Waals surface area (Å²) in [6.45, 7) is 2.54. The van der Waals surface area contributed by atoms with E-state index in [1.807, 2.05) is 55.5 Å². The predicted molar refractivity (Wildman–Crippen MR) is 123 cm³/mol. The minimum Gasteiger partial charge on any atom is -0.497 e. The number of hydrogen-bond acceptors (Lipinski definition) is 7. The highest BCUT2D eigenvalue weighted by Gasteiger charge is 2.41. The first-order valence-corrected chi connectivity index (χ1v) is 10.1. The summed E-state index contributed by atoms with van der Waals surface area (Å²) < 4.78 is 18.4. The topological polar surface area (TPSA) is 113 Å². The third-order valence-corrected chi connectivity index (χ3v) is 4.97. The number of nitrogens with zero attached hydrogens (tertiary/aromatic N) is 3. The van der Waals surface area contributed by atoms with Crippen molar-refractivity contribution in [2.75, 3.05) is 24.4 Å². The molecule has 0 radical (unpaired) electrons. The Hall–Kier alpha value is -3.86. The van der Waals surface area contributed by atoms with Crippen LogP contribution in [0.15, 0.2) is 54.7 Å². The SMILES string of the molecule is COc1ccc(NC(=S)Nc2ccc(OCC3(C)Cn4cc([N+](=O)[O-])nc4O3)cc2)cc1. The zero-order chi connectivity index (χ0) is 22.7. The standard InChI is InChI=1S/C21H21N5O5S/c1-21(12-25-11-18(26(27)28)24-20(25)31-21)13-30-17-9-5-15(6-10-17)23-19(32)22-14-3-7-16(29-2)8-4-14/h3-11H,12-13H2,1-2H3,(H2,22,23,32). The number of hydrogen-bond donors (Lipinski definition) is 2. The first kappa shape index (κ1) is 21.4. The van der Waals surface area contributed by atoms with Crippen molar-refractivity contribution in [2.24, 2.45) is 0 Å². The average molecular weight is 455 g/mol. The van der Waals surface area contributed by atoms with Crippen LogP contribution in [0, 0.1) is 10.1 Å². The van der Waals surface area contributed by atoms with E-state index >= 15 is 0 Å². The minimum atomic E-state index is -0.668. The van der Waals surface area contributed by atoms with E-state index in [4.69, 9.17) is 26.4 Å². The molecule has 1 aliphatic rings. The second-order valence-corrected chi connectivity index (χ2v) is 7.85. The van der Waals surface area contributed by atoms with E-state index in [2.05, 4.69) is 15.6 Å². The van der Waals surface area contributed by atoms with E-state index in [9.17, 15) is 10.1 Å². The molecule has 0 saturated heterocycles. The van der Waals surface area contributed by atoms with Gasteiger partial charge in [0.2, 0.25) is 0 Å². The van der Waals surface area contributed by atoms with E-state index in [1.165, 1.54) is 6.20 Å². The summed E-state index contributed by atoms with van der Waals surface area (Å²) in [7, 11) is 1.62. The lowest BCUT2D eigenvalue weighted by molar-refractivity contribution is -0.389. The normalized spacial score (nSPS) is 16.6. The molecule has 0 spiro atoms. The second kappa shape index (κ2) is 8.71. The molecule has 2 N–H and O–H groups in total. The number of methoxy groups -OCH3 is 1. The Bertz CT molecular complexity index is 1110. The fraction of sp³-hybridized carbons (Fsp3) is 0.238. The van der Waals surface area contributed by atoms with Crippen molar-refractivity contribution in [3.05, 3.63) is 64.8 Å². The summed E-state index contributed by atoms with van der Waals surface area (Å²) in [4.78, 5) is 14.1. The van der Waals surface area contributed by atoms with Gasteiger partial charge < -0.3 is 35.0 Å².